The Morgan fingerprint density at radius 1 is 1.38 bits per heavy atom. The van der Waals surface area contributed by atoms with Crippen LogP contribution in [0.15, 0.2) is 12.3 Å². The standard InChI is InChI=1S/C8H7F4N/c1-2-6-7(9)5(3-4-13-6)8(10,11)12/h3-4H,2H2,1H3. The topological polar surface area (TPSA) is 12.9 Å². The van der Waals surface area contributed by atoms with Crippen LogP contribution in [0.25, 0.3) is 0 Å². The van der Waals surface area contributed by atoms with E-state index in [1.54, 1.807) is 6.92 Å². The van der Waals surface area contributed by atoms with Gasteiger partial charge >= 0.3 is 6.18 Å². The first-order valence-corrected chi connectivity index (χ1v) is 3.67. The van der Waals surface area contributed by atoms with Crippen LogP contribution in [0, 0.1) is 5.82 Å². The predicted octanol–water partition coefficient (Wildman–Crippen LogP) is 2.80. The van der Waals surface area contributed by atoms with Crippen LogP contribution in [0.3, 0.4) is 0 Å². The van der Waals surface area contributed by atoms with Crippen LogP contribution in [-0.2, 0) is 12.6 Å². The summed E-state index contributed by atoms with van der Waals surface area (Å²) in [5.74, 6) is -1.27. The lowest BCUT2D eigenvalue weighted by Crippen LogP contribution is -2.10. The van der Waals surface area contributed by atoms with Crippen molar-refractivity contribution in [2.45, 2.75) is 19.5 Å². The van der Waals surface area contributed by atoms with Crippen molar-refractivity contribution in [3.05, 3.63) is 29.3 Å². The van der Waals surface area contributed by atoms with Crippen molar-refractivity contribution in [3.8, 4) is 0 Å². The summed E-state index contributed by atoms with van der Waals surface area (Å²) in [5, 5.41) is 0. The fraction of sp³-hybridized carbons (Fsp3) is 0.375. The van der Waals surface area contributed by atoms with Crippen LogP contribution in [0.2, 0.25) is 0 Å². The number of hydrogen-bond donors (Lipinski definition) is 0. The lowest BCUT2D eigenvalue weighted by Gasteiger charge is -2.08. The number of alkyl halides is 3. The van der Waals surface area contributed by atoms with Gasteiger partial charge in [-0.2, -0.15) is 13.2 Å². The average molecular weight is 193 g/mol. The van der Waals surface area contributed by atoms with E-state index in [4.69, 9.17) is 0 Å². The molecule has 5 heteroatoms. The molecular formula is C8H7F4N. The normalized spacial score (nSPS) is 11.8. The molecule has 0 N–H and O–H groups in total. The summed E-state index contributed by atoms with van der Waals surface area (Å²) in [7, 11) is 0. The molecule has 0 bridgehead atoms. The van der Waals surface area contributed by atoms with Crippen LogP contribution in [0.5, 0.6) is 0 Å². The van der Waals surface area contributed by atoms with Crippen molar-refractivity contribution < 1.29 is 17.6 Å². The molecule has 0 fully saturated rings. The van der Waals surface area contributed by atoms with E-state index in [-0.39, 0.29) is 12.1 Å². The van der Waals surface area contributed by atoms with Gasteiger partial charge in [0.15, 0.2) is 5.82 Å². The fourth-order valence-electron chi connectivity index (χ4n) is 0.952. The smallest absolute Gasteiger partial charge is 0.258 e. The van der Waals surface area contributed by atoms with Crippen molar-refractivity contribution in [2.75, 3.05) is 0 Å². The summed E-state index contributed by atoms with van der Waals surface area (Å²) in [6.45, 7) is 1.55. The van der Waals surface area contributed by atoms with E-state index in [0.29, 0.717) is 6.07 Å². The van der Waals surface area contributed by atoms with Crippen molar-refractivity contribution >= 4 is 0 Å². The minimum Gasteiger partial charge on any atom is -0.258 e. The van der Waals surface area contributed by atoms with Gasteiger partial charge in [-0.15, -0.1) is 0 Å². The number of pyridine rings is 1. The lowest BCUT2D eigenvalue weighted by atomic mass is 10.2. The maximum absolute atomic E-state index is 13.0. The summed E-state index contributed by atoms with van der Waals surface area (Å²) < 4.78 is 49.3. The van der Waals surface area contributed by atoms with Crippen LogP contribution in [-0.4, -0.2) is 4.98 Å². The van der Waals surface area contributed by atoms with Crippen LogP contribution < -0.4 is 0 Å². The molecule has 0 saturated heterocycles. The van der Waals surface area contributed by atoms with Crippen LogP contribution in [0.4, 0.5) is 17.6 Å². The Labute approximate surface area is 72.4 Å². The van der Waals surface area contributed by atoms with E-state index in [9.17, 15) is 17.6 Å². The molecule has 1 rings (SSSR count). The van der Waals surface area contributed by atoms with Gasteiger partial charge in [-0.25, -0.2) is 4.39 Å². The molecule has 13 heavy (non-hydrogen) atoms. The molecule has 1 aromatic rings. The molecule has 0 spiro atoms. The summed E-state index contributed by atoms with van der Waals surface area (Å²) in [5.41, 5.74) is -1.41. The largest absolute Gasteiger partial charge is 0.419 e. The number of aryl methyl sites for hydroxylation is 1. The first kappa shape index (κ1) is 9.95. The van der Waals surface area contributed by atoms with Gasteiger partial charge in [0, 0.05) is 6.20 Å². The molecule has 72 valence electrons. The van der Waals surface area contributed by atoms with Gasteiger partial charge in [-0.05, 0) is 12.5 Å². The van der Waals surface area contributed by atoms with E-state index < -0.39 is 17.6 Å². The SMILES string of the molecule is CCc1nccc(C(F)(F)F)c1F. The highest BCUT2D eigenvalue weighted by atomic mass is 19.4. The Bertz CT molecular complexity index is 306. The van der Waals surface area contributed by atoms with Crippen LogP contribution >= 0.6 is 0 Å². The Balaban J connectivity index is 3.24. The Morgan fingerprint density at radius 2 is 2.00 bits per heavy atom. The lowest BCUT2D eigenvalue weighted by molar-refractivity contribution is -0.140. The first-order chi connectivity index (χ1) is 5.96. The van der Waals surface area contributed by atoms with Crippen LogP contribution in [0.1, 0.15) is 18.2 Å². The monoisotopic (exact) mass is 193 g/mol. The van der Waals surface area contributed by atoms with Crippen molar-refractivity contribution in [3.63, 3.8) is 0 Å². The number of halogens is 4. The maximum Gasteiger partial charge on any atom is 0.419 e. The van der Waals surface area contributed by atoms with Crippen molar-refractivity contribution in [1.82, 2.24) is 4.98 Å². The molecule has 0 aliphatic rings. The van der Waals surface area contributed by atoms with Gasteiger partial charge in [0.25, 0.3) is 0 Å². The molecule has 0 saturated carbocycles. The van der Waals surface area contributed by atoms with Gasteiger partial charge in [0.05, 0.1) is 11.3 Å². The van der Waals surface area contributed by atoms with E-state index >= 15 is 0 Å². The zero-order valence-corrected chi connectivity index (χ0v) is 6.82. The fourth-order valence-corrected chi connectivity index (χ4v) is 0.952. The second-order valence-corrected chi connectivity index (χ2v) is 2.47. The highest BCUT2D eigenvalue weighted by Gasteiger charge is 2.34. The highest BCUT2D eigenvalue weighted by Crippen LogP contribution is 2.31. The third-order valence-electron chi connectivity index (χ3n) is 1.60. The van der Waals surface area contributed by atoms with E-state index in [2.05, 4.69) is 4.98 Å². The second-order valence-electron chi connectivity index (χ2n) is 2.47. The Morgan fingerprint density at radius 3 is 2.46 bits per heavy atom. The summed E-state index contributed by atoms with van der Waals surface area (Å²) in [6.07, 6.45) is -3.53. The highest BCUT2D eigenvalue weighted by molar-refractivity contribution is 5.22. The molecule has 0 atom stereocenters. The molecular weight excluding hydrogens is 186 g/mol. The summed E-state index contributed by atoms with van der Waals surface area (Å²) >= 11 is 0. The average Bonchev–Trinajstić information content (AvgIpc) is 2.02. The first-order valence-electron chi connectivity index (χ1n) is 3.67. The number of aromatic nitrogens is 1. The minimum absolute atomic E-state index is 0.149. The van der Waals surface area contributed by atoms with E-state index in [0.717, 1.165) is 6.20 Å². The molecule has 0 aliphatic carbocycles. The van der Waals surface area contributed by atoms with Gasteiger partial charge in [0.1, 0.15) is 0 Å². The molecule has 0 unspecified atom stereocenters. The third kappa shape index (κ3) is 1.96. The molecule has 1 heterocycles. The molecule has 1 nitrogen and oxygen atoms in total. The predicted molar refractivity (Wildman–Crippen MR) is 38.6 cm³/mol. The second kappa shape index (κ2) is 3.32. The zero-order chi connectivity index (χ0) is 10.1. The zero-order valence-electron chi connectivity index (χ0n) is 6.82. The van der Waals surface area contributed by atoms with Crippen molar-refractivity contribution in [2.24, 2.45) is 0 Å². The molecule has 0 amide bonds. The Kier molecular flexibility index (Phi) is 2.54. The summed E-state index contributed by atoms with van der Waals surface area (Å²) in [6, 6.07) is 0.633. The number of rotatable bonds is 1. The number of hydrogen-bond acceptors (Lipinski definition) is 1. The summed E-state index contributed by atoms with van der Waals surface area (Å²) in [4.78, 5) is 3.50. The molecule has 1 aromatic heterocycles. The van der Waals surface area contributed by atoms with Gasteiger partial charge < -0.3 is 0 Å². The molecule has 0 radical (unpaired) electrons. The van der Waals surface area contributed by atoms with E-state index in [1.807, 2.05) is 0 Å². The van der Waals surface area contributed by atoms with E-state index in [1.165, 1.54) is 0 Å². The maximum atomic E-state index is 13.0. The van der Waals surface area contributed by atoms with Gasteiger partial charge in [-0.3, -0.25) is 4.98 Å². The molecule has 0 aromatic carbocycles. The minimum atomic E-state index is -4.64. The number of nitrogens with zero attached hydrogens (tertiary/aromatic N) is 1. The Hall–Kier alpha value is -1.13. The third-order valence-corrected chi connectivity index (χ3v) is 1.60. The van der Waals surface area contributed by atoms with Crippen molar-refractivity contribution in [1.29, 1.82) is 0 Å². The molecule has 0 aliphatic heterocycles. The van der Waals surface area contributed by atoms with Gasteiger partial charge in [0.2, 0.25) is 0 Å². The quantitative estimate of drug-likeness (QED) is 0.625. The van der Waals surface area contributed by atoms with Gasteiger partial charge in [-0.1, -0.05) is 6.92 Å².